The number of hydrogen-bond acceptors (Lipinski definition) is 7. The number of urea groups is 1. The lowest BCUT2D eigenvalue weighted by atomic mass is 9.81. The molecular weight excluding hydrogens is 660 g/mol. The van der Waals surface area contributed by atoms with Crippen LogP contribution in [0.3, 0.4) is 0 Å². The summed E-state index contributed by atoms with van der Waals surface area (Å²) in [6.45, 7) is 10.3. The van der Waals surface area contributed by atoms with Crippen molar-refractivity contribution in [3.8, 4) is 0 Å². The van der Waals surface area contributed by atoms with Crippen LogP contribution in [0.4, 0.5) is 4.79 Å². The van der Waals surface area contributed by atoms with Crippen LogP contribution in [0.5, 0.6) is 0 Å². The predicted molar refractivity (Wildman–Crippen MR) is 191 cm³/mol. The lowest BCUT2D eigenvalue weighted by Crippen LogP contribution is -2.63. The molecule has 4 N–H and O–H groups in total. The number of sulfonamides is 1. The largest absolute Gasteiger partial charge is 0.346 e. The third-order valence-electron chi connectivity index (χ3n) is 11.8. The van der Waals surface area contributed by atoms with Crippen molar-refractivity contribution >= 4 is 39.6 Å². The molecule has 14 heteroatoms. The second-order valence-electron chi connectivity index (χ2n) is 15.8. The Morgan fingerprint density at radius 3 is 2.24 bits per heavy atom. The summed E-state index contributed by atoms with van der Waals surface area (Å²) in [6.07, 6.45) is 12.7. The Hall–Kier alpha value is -3.00. The molecule has 5 amide bonds. The van der Waals surface area contributed by atoms with Crippen molar-refractivity contribution in [1.29, 1.82) is 0 Å². The van der Waals surface area contributed by atoms with Crippen LogP contribution in [0.1, 0.15) is 104 Å². The van der Waals surface area contributed by atoms with Gasteiger partial charge in [0.25, 0.3) is 5.91 Å². The molecule has 4 fully saturated rings. The fourth-order valence-electron chi connectivity index (χ4n) is 8.70. The number of likely N-dealkylation sites (N-methyl/N-ethyl adjacent to an activating group) is 1. The highest BCUT2D eigenvalue weighted by atomic mass is 32.2. The van der Waals surface area contributed by atoms with Gasteiger partial charge in [-0.05, 0) is 55.3 Å². The first kappa shape index (κ1) is 39.8. The molecule has 4 rings (SSSR count). The molecular formula is C36H60N6O7S. The molecule has 0 spiro atoms. The van der Waals surface area contributed by atoms with Crippen molar-refractivity contribution in [2.45, 2.75) is 128 Å². The average Bonchev–Trinajstić information content (AvgIpc) is 3.38. The van der Waals surface area contributed by atoms with E-state index in [1.165, 1.54) is 17.4 Å². The second kappa shape index (κ2) is 16.6. The Morgan fingerprint density at radius 1 is 1.00 bits per heavy atom. The summed E-state index contributed by atoms with van der Waals surface area (Å²) in [6, 6.07) is -3.26. The molecule has 282 valence electrons. The first-order valence-electron chi connectivity index (χ1n) is 18.6. The van der Waals surface area contributed by atoms with Crippen molar-refractivity contribution in [2.24, 2.45) is 23.2 Å². The smallest absolute Gasteiger partial charge is 0.315 e. The molecule has 3 aliphatic carbocycles. The number of carbonyl (C=O) groups is 5. The average molecular weight is 721 g/mol. The highest BCUT2D eigenvalue weighted by molar-refractivity contribution is 7.88. The van der Waals surface area contributed by atoms with Crippen molar-refractivity contribution in [3.63, 3.8) is 0 Å². The molecule has 0 aromatic carbocycles. The molecule has 1 saturated heterocycles. The van der Waals surface area contributed by atoms with Crippen LogP contribution in [-0.4, -0.2) is 104 Å². The van der Waals surface area contributed by atoms with Gasteiger partial charge in [-0.15, -0.1) is 6.58 Å². The molecule has 0 aromatic heterocycles. The van der Waals surface area contributed by atoms with Gasteiger partial charge < -0.3 is 26.2 Å². The number of ketones is 1. The maximum Gasteiger partial charge on any atom is 0.315 e. The SMILES string of the molecule is C=CCNC(=O)C(=O)C(CCCC)NC(=O)[C@@H]1[C@@H]2[C@H](CN1C(=O)[C@@H](NC(=O)NC1(CN(C)S(C)(=O)=O)CCCCC1)C1CCCCC1)C2(C)C. The van der Waals surface area contributed by atoms with E-state index in [1.54, 1.807) is 4.90 Å². The standard InChI is InChI=1S/C36H60N6O7S/c1-7-9-18-26(30(43)32(45)37-21-8-2)38-31(44)29-27-25(35(27,3)4)22-42(29)33(46)28(24-16-12-10-13-17-24)39-34(47)40-36(19-14-11-15-20-36)23-41(5)50(6,48)49/h8,24-29H,2,7,9-23H2,1,3-6H3,(H,37,45)(H,38,44)(H2,39,40,47)/t25-,26?,27-,28-,29-/m0/s1. The minimum Gasteiger partial charge on any atom is -0.346 e. The van der Waals surface area contributed by atoms with Crippen molar-refractivity contribution in [2.75, 3.05) is 32.9 Å². The van der Waals surface area contributed by atoms with Gasteiger partial charge in [-0.25, -0.2) is 17.5 Å². The molecule has 0 bridgehead atoms. The van der Waals surface area contributed by atoms with Crippen LogP contribution < -0.4 is 21.3 Å². The van der Waals surface area contributed by atoms with Gasteiger partial charge in [0.05, 0.1) is 17.8 Å². The van der Waals surface area contributed by atoms with Gasteiger partial charge in [-0.2, -0.15) is 0 Å². The van der Waals surface area contributed by atoms with Gasteiger partial charge in [0.15, 0.2) is 0 Å². The fraction of sp³-hybridized carbons (Fsp3) is 0.806. The molecule has 1 unspecified atom stereocenters. The van der Waals surface area contributed by atoms with Crippen molar-refractivity contribution in [3.05, 3.63) is 12.7 Å². The number of nitrogens with one attached hydrogen (secondary N) is 4. The topological polar surface area (TPSA) is 174 Å². The summed E-state index contributed by atoms with van der Waals surface area (Å²) < 4.78 is 25.9. The summed E-state index contributed by atoms with van der Waals surface area (Å²) in [4.78, 5) is 70.0. The number of unbranched alkanes of at least 4 members (excludes halogenated alkanes) is 1. The van der Waals surface area contributed by atoms with Crippen LogP contribution >= 0.6 is 0 Å². The third-order valence-corrected chi connectivity index (χ3v) is 13.1. The molecule has 50 heavy (non-hydrogen) atoms. The van der Waals surface area contributed by atoms with E-state index in [0.717, 1.165) is 64.0 Å². The van der Waals surface area contributed by atoms with E-state index in [9.17, 15) is 32.4 Å². The Kier molecular flexibility index (Phi) is 13.2. The van der Waals surface area contributed by atoms with E-state index in [4.69, 9.17) is 0 Å². The van der Waals surface area contributed by atoms with Gasteiger partial charge in [0, 0.05) is 26.7 Å². The summed E-state index contributed by atoms with van der Waals surface area (Å²) in [5, 5.41) is 11.5. The Balaban J connectivity index is 1.57. The first-order chi connectivity index (χ1) is 23.6. The van der Waals surface area contributed by atoms with Gasteiger partial charge in [-0.1, -0.05) is 78.2 Å². The monoisotopic (exact) mass is 720 g/mol. The van der Waals surface area contributed by atoms with Crippen molar-refractivity contribution < 1.29 is 32.4 Å². The molecule has 0 radical (unpaired) electrons. The minimum absolute atomic E-state index is 0.0840. The molecule has 0 aromatic rings. The van der Waals surface area contributed by atoms with E-state index in [0.29, 0.717) is 32.2 Å². The van der Waals surface area contributed by atoms with Gasteiger partial charge in [0.1, 0.15) is 12.1 Å². The lowest BCUT2D eigenvalue weighted by molar-refractivity contribution is -0.144. The molecule has 5 atom stereocenters. The van der Waals surface area contributed by atoms with E-state index in [1.807, 2.05) is 6.92 Å². The fourth-order valence-corrected chi connectivity index (χ4v) is 9.18. The Morgan fingerprint density at radius 2 is 1.64 bits per heavy atom. The zero-order valence-electron chi connectivity index (χ0n) is 30.7. The number of Topliss-reactive ketones (excluding diaryl/α,β-unsaturated/α-hetero) is 1. The van der Waals surface area contributed by atoms with Crippen LogP contribution in [0.25, 0.3) is 0 Å². The van der Waals surface area contributed by atoms with E-state index >= 15 is 0 Å². The highest BCUT2D eigenvalue weighted by Crippen LogP contribution is 2.65. The molecule has 4 aliphatic rings. The van der Waals surface area contributed by atoms with E-state index in [-0.39, 0.29) is 42.2 Å². The van der Waals surface area contributed by atoms with Crippen LogP contribution in [0, 0.1) is 23.2 Å². The number of carbonyl (C=O) groups excluding carboxylic acids is 5. The number of fused-ring (bicyclic) bond motifs is 1. The predicted octanol–water partition coefficient (Wildman–Crippen LogP) is 2.86. The summed E-state index contributed by atoms with van der Waals surface area (Å²) in [5.74, 6) is -2.46. The first-order valence-corrected chi connectivity index (χ1v) is 20.4. The quantitative estimate of drug-likeness (QED) is 0.140. The highest BCUT2D eigenvalue weighted by Gasteiger charge is 2.69. The Bertz CT molecular complexity index is 1390. The van der Waals surface area contributed by atoms with Crippen molar-refractivity contribution in [1.82, 2.24) is 30.5 Å². The molecule has 1 heterocycles. The van der Waals surface area contributed by atoms with Crippen LogP contribution in [0.15, 0.2) is 12.7 Å². The summed E-state index contributed by atoms with van der Waals surface area (Å²) in [7, 11) is -1.97. The second-order valence-corrected chi connectivity index (χ2v) is 17.9. The van der Waals surface area contributed by atoms with E-state index in [2.05, 4.69) is 41.7 Å². The molecule has 13 nitrogen and oxygen atoms in total. The number of likely N-dealkylation sites (tertiary alicyclic amines) is 1. The molecule has 1 aliphatic heterocycles. The van der Waals surface area contributed by atoms with Crippen LogP contribution in [0.2, 0.25) is 0 Å². The number of amides is 5. The summed E-state index contributed by atoms with van der Waals surface area (Å²) in [5.41, 5.74) is -0.951. The Labute approximate surface area is 298 Å². The summed E-state index contributed by atoms with van der Waals surface area (Å²) >= 11 is 0. The number of nitrogens with zero attached hydrogens (tertiary/aromatic N) is 2. The lowest BCUT2D eigenvalue weighted by Gasteiger charge is -2.41. The van der Waals surface area contributed by atoms with Crippen LogP contribution in [-0.2, 0) is 29.2 Å². The maximum absolute atomic E-state index is 14.6. The zero-order chi connectivity index (χ0) is 36.9. The normalized spacial score (nSPS) is 25.5. The third kappa shape index (κ3) is 9.26. The maximum atomic E-state index is 14.6. The zero-order valence-corrected chi connectivity index (χ0v) is 31.5. The number of rotatable bonds is 16. The van der Waals surface area contributed by atoms with Gasteiger partial charge in [0.2, 0.25) is 27.6 Å². The number of hydrogen-bond donors (Lipinski definition) is 4. The van der Waals surface area contributed by atoms with Gasteiger partial charge in [-0.3, -0.25) is 19.2 Å². The number of piperidine rings is 1. The van der Waals surface area contributed by atoms with Gasteiger partial charge >= 0.3 is 6.03 Å². The van der Waals surface area contributed by atoms with E-state index < -0.39 is 57.3 Å². The molecule has 3 saturated carbocycles. The minimum atomic E-state index is -3.48.